The maximum absolute atomic E-state index is 12.8. The second-order valence-corrected chi connectivity index (χ2v) is 6.82. The standard InChI is InChI=1S/C18H24N2O9/c1-7-5-4-6-8(2)10(7)20(15(24)9(3)19)18(27)29-17-13(23)11(21)12(22)14(28-17)16(25)26/h4-6,9,11-14,17,21-23H,19H2,1-3H3,(H,25,26)/t9?,11-,12-,13+,14-,17-/m0/s1. The monoisotopic (exact) mass is 412 g/mol. The molecule has 1 aromatic carbocycles. The lowest BCUT2D eigenvalue weighted by Gasteiger charge is -2.38. The van der Waals surface area contributed by atoms with Gasteiger partial charge in [-0.15, -0.1) is 0 Å². The highest BCUT2D eigenvalue weighted by molar-refractivity contribution is 6.15. The van der Waals surface area contributed by atoms with Crippen LogP contribution in [0.1, 0.15) is 18.1 Å². The molecule has 6 N–H and O–H groups in total. The van der Waals surface area contributed by atoms with Crippen LogP contribution in [0.3, 0.4) is 0 Å². The third kappa shape index (κ3) is 4.54. The molecule has 6 atom stereocenters. The van der Waals surface area contributed by atoms with E-state index in [1.807, 2.05) is 0 Å². The van der Waals surface area contributed by atoms with Gasteiger partial charge in [-0.2, -0.15) is 0 Å². The normalized spacial score (nSPS) is 27.8. The molecule has 0 aliphatic carbocycles. The zero-order chi connectivity index (χ0) is 22.0. The number of nitrogens with zero attached hydrogens (tertiary/aromatic N) is 1. The highest BCUT2D eigenvalue weighted by atomic mass is 16.7. The molecule has 1 saturated heterocycles. The van der Waals surface area contributed by atoms with Gasteiger partial charge in [-0.1, -0.05) is 18.2 Å². The second-order valence-electron chi connectivity index (χ2n) is 6.82. The predicted octanol–water partition coefficient (Wildman–Crippen LogP) is -0.988. The molecule has 0 radical (unpaired) electrons. The largest absolute Gasteiger partial charge is 0.479 e. The summed E-state index contributed by atoms with van der Waals surface area (Å²) in [4.78, 5) is 37.3. The van der Waals surface area contributed by atoms with E-state index in [0.29, 0.717) is 16.0 Å². The summed E-state index contributed by atoms with van der Waals surface area (Å²) in [7, 11) is 0. The van der Waals surface area contributed by atoms with Gasteiger partial charge in [0.2, 0.25) is 6.29 Å². The number of ether oxygens (including phenoxy) is 2. The topological polar surface area (TPSA) is 180 Å². The van der Waals surface area contributed by atoms with E-state index in [-0.39, 0.29) is 5.69 Å². The number of aliphatic hydroxyl groups is 3. The molecule has 1 heterocycles. The maximum atomic E-state index is 12.8. The summed E-state index contributed by atoms with van der Waals surface area (Å²) in [5.74, 6) is -2.45. The van der Waals surface area contributed by atoms with Crippen LogP contribution in [0.5, 0.6) is 0 Å². The van der Waals surface area contributed by atoms with E-state index in [9.17, 15) is 29.7 Å². The number of carbonyl (C=O) groups is 3. The first-order valence-electron chi connectivity index (χ1n) is 8.76. The van der Waals surface area contributed by atoms with Crippen molar-refractivity contribution in [2.24, 2.45) is 5.73 Å². The molecule has 2 amide bonds. The lowest BCUT2D eigenvalue weighted by molar-refractivity contribution is -0.277. The first-order chi connectivity index (χ1) is 13.5. The third-order valence-electron chi connectivity index (χ3n) is 4.49. The number of nitrogens with two attached hydrogens (primary N) is 1. The van der Waals surface area contributed by atoms with Gasteiger partial charge >= 0.3 is 12.1 Å². The molecule has 1 unspecified atom stereocenters. The van der Waals surface area contributed by atoms with Crippen LogP contribution >= 0.6 is 0 Å². The maximum Gasteiger partial charge on any atom is 0.423 e. The van der Waals surface area contributed by atoms with Crippen molar-refractivity contribution < 1.29 is 44.3 Å². The molecule has 1 aliphatic heterocycles. The molecule has 0 spiro atoms. The fraction of sp³-hybridized carbons (Fsp3) is 0.500. The van der Waals surface area contributed by atoms with Crippen LogP contribution in [0.15, 0.2) is 18.2 Å². The van der Waals surface area contributed by atoms with Crippen molar-refractivity contribution in [2.45, 2.75) is 57.5 Å². The molecule has 11 nitrogen and oxygen atoms in total. The number of benzene rings is 1. The Balaban J connectivity index is 2.37. The van der Waals surface area contributed by atoms with E-state index < -0.39 is 54.7 Å². The van der Waals surface area contributed by atoms with Gasteiger partial charge in [-0.05, 0) is 31.9 Å². The molecular formula is C18H24N2O9. The van der Waals surface area contributed by atoms with Crippen molar-refractivity contribution >= 4 is 23.7 Å². The Hall–Kier alpha value is -2.57. The minimum absolute atomic E-state index is 0.209. The smallest absolute Gasteiger partial charge is 0.423 e. The van der Waals surface area contributed by atoms with Gasteiger partial charge in [0.05, 0.1) is 11.7 Å². The number of para-hydroxylation sites is 1. The number of imide groups is 1. The number of carbonyl (C=O) groups excluding carboxylic acids is 2. The van der Waals surface area contributed by atoms with E-state index >= 15 is 0 Å². The quantitative estimate of drug-likeness (QED) is 0.412. The summed E-state index contributed by atoms with van der Waals surface area (Å²) < 4.78 is 9.93. The summed E-state index contributed by atoms with van der Waals surface area (Å²) in [6, 6.07) is 3.95. The van der Waals surface area contributed by atoms with Crippen molar-refractivity contribution in [2.75, 3.05) is 4.90 Å². The average Bonchev–Trinajstić information content (AvgIpc) is 2.64. The summed E-state index contributed by atoms with van der Waals surface area (Å²) in [6.07, 6.45) is -11.0. The van der Waals surface area contributed by atoms with E-state index in [1.54, 1.807) is 32.0 Å². The number of hydrogen-bond donors (Lipinski definition) is 5. The summed E-state index contributed by atoms with van der Waals surface area (Å²) in [5.41, 5.74) is 6.96. The van der Waals surface area contributed by atoms with Gasteiger partial charge in [-0.25, -0.2) is 14.5 Å². The summed E-state index contributed by atoms with van der Waals surface area (Å²) in [6.45, 7) is 4.68. The minimum Gasteiger partial charge on any atom is -0.479 e. The van der Waals surface area contributed by atoms with Crippen LogP contribution in [0.2, 0.25) is 0 Å². The average molecular weight is 412 g/mol. The number of amides is 2. The van der Waals surface area contributed by atoms with Crippen LogP contribution in [-0.4, -0.2) is 75.1 Å². The van der Waals surface area contributed by atoms with Crippen molar-refractivity contribution in [3.63, 3.8) is 0 Å². The Kier molecular flexibility index (Phi) is 6.93. The Bertz CT molecular complexity index is 777. The number of carboxylic acids is 1. The van der Waals surface area contributed by atoms with Crippen molar-refractivity contribution in [3.05, 3.63) is 29.3 Å². The van der Waals surface area contributed by atoms with Gasteiger partial charge < -0.3 is 35.6 Å². The molecule has 1 fully saturated rings. The van der Waals surface area contributed by atoms with Crippen LogP contribution in [0, 0.1) is 13.8 Å². The highest BCUT2D eigenvalue weighted by Gasteiger charge is 2.49. The summed E-state index contributed by atoms with van der Waals surface area (Å²) in [5, 5.41) is 38.7. The third-order valence-corrected chi connectivity index (χ3v) is 4.49. The molecule has 0 aromatic heterocycles. The van der Waals surface area contributed by atoms with Crippen LogP contribution < -0.4 is 10.6 Å². The van der Waals surface area contributed by atoms with Crippen LogP contribution in [-0.2, 0) is 19.1 Å². The zero-order valence-electron chi connectivity index (χ0n) is 16.1. The number of carboxylic acid groups (broad SMARTS) is 1. The minimum atomic E-state index is -1.96. The molecule has 1 aromatic rings. The molecule has 160 valence electrons. The van der Waals surface area contributed by atoms with E-state index in [2.05, 4.69) is 0 Å². The van der Waals surface area contributed by atoms with Gasteiger partial charge in [0.1, 0.15) is 18.3 Å². The number of hydrogen-bond acceptors (Lipinski definition) is 9. The molecule has 0 bridgehead atoms. The second kappa shape index (κ2) is 8.84. The molecule has 11 heteroatoms. The lowest BCUT2D eigenvalue weighted by atomic mass is 9.99. The molecule has 29 heavy (non-hydrogen) atoms. The first kappa shape index (κ1) is 22.7. The van der Waals surface area contributed by atoms with E-state index in [4.69, 9.17) is 20.3 Å². The van der Waals surface area contributed by atoms with Crippen molar-refractivity contribution in [3.8, 4) is 0 Å². The number of aliphatic hydroxyl groups excluding tert-OH is 3. The van der Waals surface area contributed by atoms with Crippen molar-refractivity contribution in [1.29, 1.82) is 0 Å². The number of rotatable bonds is 4. The lowest BCUT2D eigenvalue weighted by Crippen LogP contribution is -2.61. The fourth-order valence-corrected chi connectivity index (χ4v) is 2.95. The van der Waals surface area contributed by atoms with Gasteiger partial charge in [-0.3, -0.25) is 4.79 Å². The molecule has 2 rings (SSSR count). The summed E-state index contributed by atoms with van der Waals surface area (Å²) >= 11 is 0. The molecule has 0 saturated carbocycles. The molecular weight excluding hydrogens is 388 g/mol. The Labute approximate surface area is 166 Å². The van der Waals surface area contributed by atoms with Gasteiger partial charge in [0.25, 0.3) is 5.91 Å². The van der Waals surface area contributed by atoms with Crippen LogP contribution in [0.4, 0.5) is 10.5 Å². The number of aliphatic carboxylic acids is 1. The molecule has 1 aliphatic rings. The SMILES string of the molecule is Cc1cccc(C)c1N(C(=O)O[C@@H]1O[C@H](C(=O)O)[C@@H](O)[C@H](O)[C@H]1O)C(=O)C(C)N. The van der Waals surface area contributed by atoms with Gasteiger partial charge in [0, 0.05) is 0 Å². The van der Waals surface area contributed by atoms with E-state index in [1.165, 1.54) is 6.92 Å². The van der Waals surface area contributed by atoms with Crippen molar-refractivity contribution in [1.82, 2.24) is 0 Å². The zero-order valence-corrected chi connectivity index (χ0v) is 16.1. The fourth-order valence-electron chi connectivity index (χ4n) is 2.95. The highest BCUT2D eigenvalue weighted by Crippen LogP contribution is 2.28. The Morgan fingerprint density at radius 3 is 2.14 bits per heavy atom. The number of aryl methyl sites for hydroxylation is 2. The first-order valence-corrected chi connectivity index (χ1v) is 8.76. The Morgan fingerprint density at radius 2 is 1.66 bits per heavy atom. The van der Waals surface area contributed by atoms with Crippen LogP contribution in [0.25, 0.3) is 0 Å². The Morgan fingerprint density at radius 1 is 1.10 bits per heavy atom. The van der Waals surface area contributed by atoms with Gasteiger partial charge in [0.15, 0.2) is 6.10 Å². The number of anilines is 1. The predicted molar refractivity (Wildman–Crippen MR) is 97.8 cm³/mol. The van der Waals surface area contributed by atoms with E-state index in [0.717, 1.165) is 0 Å².